The van der Waals surface area contributed by atoms with Crippen LogP contribution in [-0.4, -0.2) is 11.7 Å². The van der Waals surface area contributed by atoms with E-state index in [2.05, 4.69) is 5.32 Å². The number of amides is 1. The van der Waals surface area contributed by atoms with Crippen molar-refractivity contribution in [3.05, 3.63) is 130 Å². The minimum atomic E-state index is -0.539. The minimum Gasteiger partial charge on any atom is -0.351 e. The summed E-state index contributed by atoms with van der Waals surface area (Å²) in [6.07, 6.45) is 0. The van der Waals surface area contributed by atoms with E-state index in [0.717, 1.165) is 22.5 Å². The average molecular weight is 451 g/mol. The molecular weight excluding hydrogens is 428 g/mol. The number of ketones is 1. The summed E-state index contributed by atoms with van der Waals surface area (Å²) in [6.45, 7) is 2.00. The van der Waals surface area contributed by atoms with Crippen molar-refractivity contribution in [1.82, 2.24) is 0 Å². The van der Waals surface area contributed by atoms with Gasteiger partial charge in [-0.05, 0) is 53.8 Å². The molecule has 1 aliphatic rings. The van der Waals surface area contributed by atoms with Gasteiger partial charge in [-0.25, -0.2) is 0 Å². The fourth-order valence-corrected chi connectivity index (χ4v) is 4.87. The Morgan fingerprint density at radius 3 is 2.27 bits per heavy atom. The summed E-state index contributed by atoms with van der Waals surface area (Å²) >= 11 is 1.38. The van der Waals surface area contributed by atoms with Crippen LogP contribution in [0.15, 0.2) is 114 Å². The molecule has 5 rings (SSSR count). The van der Waals surface area contributed by atoms with Crippen LogP contribution in [0.3, 0.4) is 0 Å². The minimum absolute atomic E-state index is 0.138. The van der Waals surface area contributed by atoms with E-state index in [1.165, 1.54) is 11.3 Å². The molecule has 0 bridgehead atoms. The van der Waals surface area contributed by atoms with Crippen molar-refractivity contribution in [3.63, 3.8) is 0 Å². The van der Waals surface area contributed by atoms with E-state index in [1.807, 2.05) is 109 Å². The van der Waals surface area contributed by atoms with Gasteiger partial charge in [-0.2, -0.15) is 0 Å². The van der Waals surface area contributed by atoms with Gasteiger partial charge in [0.25, 0.3) is 5.91 Å². The van der Waals surface area contributed by atoms with Gasteiger partial charge in [-0.1, -0.05) is 66.7 Å². The van der Waals surface area contributed by atoms with Gasteiger partial charge in [0, 0.05) is 11.4 Å². The molecule has 0 spiro atoms. The normalized spacial score (nSPS) is 15.7. The lowest BCUT2D eigenvalue weighted by Crippen LogP contribution is -2.31. The van der Waals surface area contributed by atoms with Crippen LogP contribution in [0, 0.1) is 6.92 Å². The summed E-state index contributed by atoms with van der Waals surface area (Å²) in [6, 6.07) is 30.2. The number of carbonyl (C=O) groups is 2. The van der Waals surface area contributed by atoms with Gasteiger partial charge in [0.1, 0.15) is 5.70 Å². The Kier molecular flexibility index (Phi) is 5.63. The molecular formula is C28H22N2O2S. The number of aryl methyl sites for hydroxylation is 1. The van der Waals surface area contributed by atoms with Gasteiger partial charge in [0.05, 0.1) is 16.5 Å². The zero-order valence-electron chi connectivity index (χ0n) is 18.1. The lowest BCUT2D eigenvalue weighted by Gasteiger charge is -2.27. The van der Waals surface area contributed by atoms with Crippen LogP contribution in [0.25, 0.3) is 0 Å². The van der Waals surface area contributed by atoms with E-state index < -0.39 is 6.04 Å². The van der Waals surface area contributed by atoms with Gasteiger partial charge >= 0.3 is 0 Å². The fraction of sp³-hybridized carbons (Fsp3) is 0.0714. The molecule has 2 heterocycles. The van der Waals surface area contributed by atoms with Crippen LogP contribution in [0.4, 0.5) is 11.4 Å². The molecule has 162 valence electrons. The number of para-hydroxylation sites is 1. The number of hydrogen-bond donors (Lipinski definition) is 1. The van der Waals surface area contributed by atoms with E-state index in [4.69, 9.17) is 0 Å². The SMILES string of the molecule is Cc1cccc(NC2=C(C(=O)c3cccs3)[C@@H](c3ccccc3)N(c3ccccc3)C2=O)c1. The highest BCUT2D eigenvalue weighted by molar-refractivity contribution is 7.12. The molecule has 0 radical (unpaired) electrons. The Labute approximate surface area is 196 Å². The van der Waals surface area contributed by atoms with Gasteiger partial charge in [0.15, 0.2) is 0 Å². The summed E-state index contributed by atoms with van der Waals surface area (Å²) in [5.41, 5.74) is 4.24. The maximum absolute atomic E-state index is 13.9. The van der Waals surface area contributed by atoms with E-state index in [-0.39, 0.29) is 11.7 Å². The number of Topliss-reactive ketones (excluding diaryl/α,β-unsaturated/α-hetero) is 1. The third kappa shape index (κ3) is 3.99. The molecule has 1 aromatic heterocycles. The molecule has 4 aromatic rings. The second kappa shape index (κ2) is 8.88. The van der Waals surface area contributed by atoms with E-state index >= 15 is 0 Å². The predicted octanol–water partition coefficient (Wildman–Crippen LogP) is 6.39. The van der Waals surface area contributed by atoms with E-state index in [0.29, 0.717) is 16.1 Å². The maximum Gasteiger partial charge on any atom is 0.276 e. The lowest BCUT2D eigenvalue weighted by atomic mass is 9.94. The summed E-state index contributed by atoms with van der Waals surface area (Å²) in [5.74, 6) is -0.364. The first-order valence-corrected chi connectivity index (χ1v) is 11.6. The molecule has 1 atom stereocenters. The second-order valence-electron chi connectivity index (χ2n) is 7.91. The highest BCUT2D eigenvalue weighted by atomic mass is 32.1. The Balaban J connectivity index is 1.72. The van der Waals surface area contributed by atoms with E-state index in [1.54, 1.807) is 4.90 Å². The van der Waals surface area contributed by atoms with Crippen molar-refractivity contribution in [2.24, 2.45) is 0 Å². The molecule has 0 fully saturated rings. The standard InChI is InChI=1S/C28H22N2O2S/c1-19-10-8-13-21(18-19)29-25-24(27(31)23-16-9-17-33-23)26(20-11-4-2-5-12-20)30(28(25)32)22-14-6-3-7-15-22/h2-18,26,29H,1H3/t26-/m1/s1. The third-order valence-electron chi connectivity index (χ3n) is 5.66. The number of rotatable bonds is 6. The average Bonchev–Trinajstić information content (AvgIpc) is 3.47. The van der Waals surface area contributed by atoms with Crippen molar-refractivity contribution < 1.29 is 9.59 Å². The van der Waals surface area contributed by atoms with Crippen LogP contribution < -0.4 is 10.2 Å². The van der Waals surface area contributed by atoms with E-state index in [9.17, 15) is 9.59 Å². The number of nitrogens with zero attached hydrogens (tertiary/aromatic N) is 1. The second-order valence-corrected chi connectivity index (χ2v) is 8.86. The molecule has 0 saturated heterocycles. The first-order valence-electron chi connectivity index (χ1n) is 10.7. The number of thiophene rings is 1. The summed E-state index contributed by atoms with van der Waals surface area (Å²) in [4.78, 5) is 30.1. The van der Waals surface area contributed by atoms with Gasteiger partial charge in [-0.3, -0.25) is 14.5 Å². The van der Waals surface area contributed by atoms with Crippen molar-refractivity contribution in [2.45, 2.75) is 13.0 Å². The first-order chi connectivity index (χ1) is 16.1. The van der Waals surface area contributed by atoms with Crippen molar-refractivity contribution >= 4 is 34.4 Å². The Morgan fingerprint density at radius 1 is 0.879 bits per heavy atom. The van der Waals surface area contributed by atoms with Gasteiger partial charge in [-0.15, -0.1) is 11.3 Å². The summed E-state index contributed by atoms with van der Waals surface area (Å²) in [5, 5.41) is 5.18. The molecule has 4 nitrogen and oxygen atoms in total. The van der Waals surface area contributed by atoms with Crippen LogP contribution in [0.2, 0.25) is 0 Å². The monoisotopic (exact) mass is 450 g/mol. The van der Waals surface area contributed by atoms with Gasteiger partial charge in [0.2, 0.25) is 5.78 Å². The Morgan fingerprint density at radius 2 is 1.61 bits per heavy atom. The number of carbonyl (C=O) groups excluding carboxylic acids is 2. The molecule has 1 aliphatic heterocycles. The molecule has 0 unspecified atom stereocenters. The van der Waals surface area contributed by atoms with Crippen molar-refractivity contribution in [1.29, 1.82) is 0 Å². The molecule has 33 heavy (non-hydrogen) atoms. The first kappa shape index (κ1) is 20.9. The summed E-state index contributed by atoms with van der Waals surface area (Å²) in [7, 11) is 0. The number of benzene rings is 3. The molecule has 0 saturated carbocycles. The molecule has 1 N–H and O–H groups in total. The van der Waals surface area contributed by atoms with Crippen LogP contribution >= 0.6 is 11.3 Å². The largest absolute Gasteiger partial charge is 0.351 e. The number of hydrogen-bond acceptors (Lipinski definition) is 4. The van der Waals surface area contributed by atoms with Gasteiger partial charge < -0.3 is 5.32 Å². The zero-order chi connectivity index (χ0) is 22.8. The van der Waals surface area contributed by atoms with Crippen molar-refractivity contribution in [2.75, 3.05) is 10.2 Å². The Bertz CT molecular complexity index is 1330. The zero-order valence-corrected chi connectivity index (χ0v) is 18.9. The van der Waals surface area contributed by atoms with Crippen molar-refractivity contribution in [3.8, 4) is 0 Å². The third-order valence-corrected chi connectivity index (χ3v) is 6.53. The Hall–Kier alpha value is -3.96. The quantitative estimate of drug-likeness (QED) is 0.346. The topological polar surface area (TPSA) is 49.4 Å². The lowest BCUT2D eigenvalue weighted by molar-refractivity contribution is -0.114. The number of nitrogens with one attached hydrogen (secondary N) is 1. The predicted molar refractivity (Wildman–Crippen MR) is 134 cm³/mol. The van der Waals surface area contributed by atoms with Crippen LogP contribution in [0.1, 0.15) is 26.8 Å². The molecule has 1 amide bonds. The fourth-order valence-electron chi connectivity index (χ4n) is 4.19. The molecule has 0 aliphatic carbocycles. The summed E-state index contributed by atoms with van der Waals surface area (Å²) < 4.78 is 0. The molecule has 3 aromatic carbocycles. The smallest absolute Gasteiger partial charge is 0.276 e. The highest BCUT2D eigenvalue weighted by Crippen LogP contribution is 2.43. The molecule has 5 heteroatoms. The highest BCUT2D eigenvalue weighted by Gasteiger charge is 2.44. The number of anilines is 2. The van der Waals surface area contributed by atoms with Crippen LogP contribution in [0.5, 0.6) is 0 Å². The van der Waals surface area contributed by atoms with Crippen LogP contribution in [-0.2, 0) is 4.79 Å². The maximum atomic E-state index is 13.9.